The van der Waals surface area contributed by atoms with Gasteiger partial charge in [-0.1, -0.05) is 261 Å². The number of benzene rings is 18. The van der Waals surface area contributed by atoms with Crippen molar-refractivity contribution in [1.82, 2.24) is 28.2 Å². The highest BCUT2D eigenvalue weighted by Gasteiger charge is 2.38. The van der Waals surface area contributed by atoms with Crippen molar-refractivity contribution >= 4 is 87.2 Å². The zero-order chi connectivity index (χ0) is 97.9. The number of aromatic nitrogens is 6. The number of fused-ring (bicyclic) bond motifs is 12. The highest BCUT2D eigenvalue weighted by atomic mass is 19.4. The molecule has 24 aromatic rings. The molecule has 0 fully saturated rings. The van der Waals surface area contributed by atoms with Crippen LogP contribution in [0, 0.1) is 68.0 Å². The molecule has 0 spiro atoms. The van der Waals surface area contributed by atoms with E-state index in [9.17, 15) is 31.6 Å². The maximum absolute atomic E-state index is 17.4. The molecule has 24 rings (SSSR count). The van der Waals surface area contributed by atoms with Crippen LogP contribution in [0.5, 0.6) is 0 Å². The molecule has 0 bridgehead atoms. The fraction of sp³-hybridized carbons (Fsp3) is 0.0159. The molecule has 12 nitrogen and oxygen atoms in total. The number of pyridine rings is 2. The van der Waals surface area contributed by atoms with E-state index in [4.69, 9.17) is 9.97 Å². The summed E-state index contributed by atoms with van der Waals surface area (Å²) in [6, 6.07) is 137. The van der Waals surface area contributed by atoms with E-state index in [0.29, 0.717) is 210 Å². The van der Waals surface area contributed by atoms with Crippen LogP contribution < -0.4 is 0 Å². The number of nitriles is 6. The summed E-state index contributed by atoms with van der Waals surface area (Å²) in [6.45, 7) is 0. The Kier molecular flexibility index (Phi) is 20.9. The lowest BCUT2D eigenvalue weighted by Crippen LogP contribution is -2.11. The molecule has 0 saturated carbocycles. The van der Waals surface area contributed by atoms with Crippen molar-refractivity contribution in [1.29, 1.82) is 31.6 Å². The molecule has 0 radical (unpaired) electrons. The van der Waals surface area contributed by atoms with E-state index in [1.165, 1.54) is 12.1 Å². The van der Waals surface area contributed by atoms with E-state index in [2.05, 4.69) is 36.4 Å². The van der Waals surface area contributed by atoms with Crippen LogP contribution in [0.15, 0.2) is 413 Å². The van der Waals surface area contributed by atoms with Gasteiger partial charge in [-0.05, 0) is 224 Å². The lowest BCUT2D eigenvalue weighted by atomic mass is 9.89. The molecule has 0 N–H and O–H groups in total. The number of hydrogen-bond donors (Lipinski definition) is 0. The van der Waals surface area contributed by atoms with E-state index in [1.54, 1.807) is 84.9 Å². The predicted molar refractivity (Wildman–Crippen MR) is 557 cm³/mol. The minimum Gasteiger partial charge on any atom is -0.308 e. The quantitative estimate of drug-likeness (QED) is 0.0906. The van der Waals surface area contributed by atoms with Crippen LogP contribution in [0.1, 0.15) is 44.5 Å². The first-order valence-corrected chi connectivity index (χ1v) is 46.3. The van der Waals surface area contributed by atoms with Gasteiger partial charge in [0.2, 0.25) is 0 Å². The monoisotopic (exact) mass is 1860 g/mol. The van der Waals surface area contributed by atoms with Crippen LogP contribution in [0.4, 0.5) is 26.3 Å². The largest absolute Gasteiger partial charge is 0.416 e. The zero-order valence-corrected chi connectivity index (χ0v) is 75.9. The normalized spacial score (nSPS) is 11.6. The summed E-state index contributed by atoms with van der Waals surface area (Å²) in [6.07, 6.45) is -10.1. The average Bonchev–Trinajstić information content (AvgIpc) is 1.60. The molecular weight excluding hydrogens is 1800 g/mol. The Balaban J connectivity index is 0.787. The number of halogens is 6. The Bertz CT molecular complexity index is 9750. The number of rotatable bonds is 15. The van der Waals surface area contributed by atoms with Gasteiger partial charge in [0.1, 0.15) is 0 Å². The van der Waals surface area contributed by atoms with Crippen LogP contribution in [-0.2, 0) is 12.4 Å². The molecule has 6 aromatic heterocycles. The van der Waals surface area contributed by atoms with Crippen LogP contribution >= 0.6 is 0 Å². The van der Waals surface area contributed by atoms with Crippen molar-refractivity contribution in [2.75, 3.05) is 0 Å². The zero-order valence-electron chi connectivity index (χ0n) is 75.9. The fourth-order valence-corrected chi connectivity index (χ4v) is 21.1. The maximum Gasteiger partial charge on any atom is 0.416 e. The minimum atomic E-state index is -5.08. The number of alkyl halides is 6. The number of hydrogen-bond acceptors (Lipinski definition) is 8. The highest BCUT2D eigenvalue weighted by molar-refractivity contribution is 6.18. The molecule has 674 valence electrons. The van der Waals surface area contributed by atoms with Gasteiger partial charge in [-0.2, -0.15) is 57.9 Å². The van der Waals surface area contributed by atoms with Gasteiger partial charge < -0.3 is 18.3 Å². The van der Waals surface area contributed by atoms with Crippen molar-refractivity contribution in [2.24, 2.45) is 0 Å². The molecule has 144 heavy (non-hydrogen) atoms. The first-order chi connectivity index (χ1) is 70.4. The van der Waals surface area contributed by atoms with Gasteiger partial charge in [-0.15, -0.1) is 0 Å². The van der Waals surface area contributed by atoms with E-state index in [-0.39, 0.29) is 39.6 Å². The summed E-state index contributed by atoms with van der Waals surface area (Å²) < 4.78 is 110. The van der Waals surface area contributed by atoms with Gasteiger partial charge in [0, 0.05) is 70.9 Å². The molecule has 0 unspecified atom stereocenters. The molecule has 0 aliphatic heterocycles. The van der Waals surface area contributed by atoms with Crippen LogP contribution in [0.2, 0.25) is 0 Å². The van der Waals surface area contributed by atoms with E-state index in [0.717, 1.165) is 28.6 Å². The second-order valence-corrected chi connectivity index (χ2v) is 35.4. The molecule has 18 aromatic carbocycles. The van der Waals surface area contributed by atoms with Crippen molar-refractivity contribution in [3.05, 3.63) is 457 Å². The molecular formula is C126H68F6N12. The first kappa shape index (κ1) is 86.8. The summed E-state index contributed by atoms with van der Waals surface area (Å²) in [4.78, 5) is 11.0. The number of para-hydroxylation sites is 1. The summed E-state index contributed by atoms with van der Waals surface area (Å²) >= 11 is 0. The third-order valence-electron chi connectivity index (χ3n) is 27.5. The Hall–Kier alpha value is -20.0. The Morgan fingerprint density at radius 3 is 0.785 bits per heavy atom. The van der Waals surface area contributed by atoms with Crippen molar-refractivity contribution < 1.29 is 26.3 Å². The second-order valence-electron chi connectivity index (χ2n) is 35.4. The van der Waals surface area contributed by atoms with Gasteiger partial charge in [0.05, 0.1) is 171 Å². The highest BCUT2D eigenvalue weighted by Crippen LogP contribution is 2.53. The molecule has 0 saturated heterocycles. The SMILES string of the molecule is N#Cc1ccccc1-c1ccc2c(c1)c1ccccc1n2-c1cc(C(F)(F)F)cc(-n2c3ccc(-c4ccccc4C#N)cc3c3cc(-c4cccc(C#N)c4-c4ccc5c6ccc(-c7ccccc7C#N)cc6n(-c6cc(C(F)(F)F)cc(-n7c8cc(-c9ccccc9C#N)ccc8c8ccc(-c9ccccc9C#N)cc87)c6-c6cccc(-c7ccccc7)n6)c5c4)ccc32)c1-c1cccc(-c2ccccc2)n1. The predicted octanol–water partition coefficient (Wildman–Crippen LogP) is 32.5. The first-order valence-electron chi connectivity index (χ1n) is 46.3. The lowest BCUT2D eigenvalue weighted by molar-refractivity contribution is -0.138. The Morgan fingerprint density at radius 2 is 0.431 bits per heavy atom. The summed E-state index contributed by atoms with van der Waals surface area (Å²) in [5, 5.41) is 70.5. The molecule has 0 aliphatic carbocycles. The fourth-order valence-electron chi connectivity index (χ4n) is 21.1. The molecule has 0 aliphatic rings. The summed E-state index contributed by atoms with van der Waals surface area (Å²) in [5.74, 6) is 0. The standard InChI is InChI=1S/C126H68F6N12/c127-125(128,129)90-65-118(141-110-43-18-17-37-98(110)103-58-77(48-55-111(103)141)92-32-12-7-26-84(92)69-133)123(108-41-20-39-106(139-108)75-22-3-1-4-23-75)119(66-90)142-112-56-49-78(93-33-13-8-27-85(93)70-134)59-104(112)105-60-79(50-57-113(105)142)97-38-19-31-89(74-138)122(97)83-47-54-102-101-53-46-82(96-36-16-11-30-88(96)73-137)63-116(101)144(117(102)64-83)121-68-91(126(130,131)132)67-120(124(121)109-42-21-40-107(140-109)76-24-5-2-6-25-76)143-114-61-80(94-34-14-9-28-86(94)71-135)44-51-99(114)100-52-45-81(62-115(100)143)95-35-15-10-29-87(95)72-136/h1-68H. The van der Waals surface area contributed by atoms with Gasteiger partial charge in [0.25, 0.3) is 0 Å². The minimum absolute atomic E-state index is 0.0129. The third kappa shape index (κ3) is 14.5. The number of nitrogens with zero attached hydrogens (tertiary/aromatic N) is 12. The van der Waals surface area contributed by atoms with Crippen LogP contribution in [-0.4, -0.2) is 28.2 Å². The van der Waals surface area contributed by atoms with Gasteiger partial charge >= 0.3 is 12.4 Å². The van der Waals surface area contributed by atoms with E-state index >= 15 is 26.3 Å². The summed E-state index contributed by atoms with van der Waals surface area (Å²) in [5.41, 5.74) is 15.7. The van der Waals surface area contributed by atoms with Crippen LogP contribution in [0.25, 0.3) is 233 Å². The molecule has 0 atom stereocenters. The van der Waals surface area contributed by atoms with Gasteiger partial charge in [-0.3, -0.25) is 0 Å². The van der Waals surface area contributed by atoms with Crippen molar-refractivity contribution in [3.8, 4) is 182 Å². The molecule has 0 amide bonds. The van der Waals surface area contributed by atoms with Gasteiger partial charge in [-0.25, -0.2) is 9.97 Å². The lowest BCUT2D eigenvalue weighted by Gasteiger charge is -2.23. The molecule has 6 heterocycles. The topological polar surface area (TPSA) is 188 Å². The van der Waals surface area contributed by atoms with Crippen LogP contribution in [0.3, 0.4) is 0 Å². The smallest absolute Gasteiger partial charge is 0.308 e. The molecule has 18 heteroatoms. The Labute approximate surface area is 819 Å². The Morgan fingerprint density at radius 1 is 0.181 bits per heavy atom. The second kappa shape index (κ2) is 34.6. The van der Waals surface area contributed by atoms with Crippen molar-refractivity contribution in [3.63, 3.8) is 0 Å². The van der Waals surface area contributed by atoms with Crippen molar-refractivity contribution in [2.45, 2.75) is 12.4 Å². The average molecular weight is 1860 g/mol. The third-order valence-corrected chi connectivity index (χ3v) is 27.5. The van der Waals surface area contributed by atoms with Gasteiger partial charge in [0.15, 0.2) is 0 Å². The van der Waals surface area contributed by atoms with E-state index < -0.39 is 23.5 Å². The van der Waals surface area contributed by atoms with E-state index in [1.807, 2.05) is 322 Å². The maximum atomic E-state index is 17.4. The summed E-state index contributed by atoms with van der Waals surface area (Å²) in [7, 11) is 0.